The first-order chi connectivity index (χ1) is 13.0. The van der Waals surface area contributed by atoms with Gasteiger partial charge in [0.15, 0.2) is 0 Å². The first-order valence-electron chi connectivity index (χ1n) is 8.33. The molecule has 0 spiro atoms. The smallest absolute Gasteiger partial charge is 0.339 e. The van der Waals surface area contributed by atoms with Crippen LogP contribution in [0.1, 0.15) is 16.7 Å². The van der Waals surface area contributed by atoms with Crippen molar-refractivity contribution in [2.45, 2.75) is 5.75 Å². The minimum absolute atomic E-state index is 0.0243. The Hall–Kier alpha value is -2.99. The maximum Gasteiger partial charge on any atom is 0.339 e. The monoisotopic (exact) mass is 382 g/mol. The lowest BCUT2D eigenvalue weighted by Gasteiger charge is -2.09. The molecule has 6 heteroatoms. The molecule has 0 bridgehead atoms. The Labute approximate surface area is 156 Å². The van der Waals surface area contributed by atoms with Gasteiger partial charge in [-0.25, -0.2) is 17.6 Å². The number of hydrogen-bond donors (Lipinski definition) is 1. The summed E-state index contributed by atoms with van der Waals surface area (Å²) >= 11 is 0. The van der Waals surface area contributed by atoms with Crippen molar-refractivity contribution in [2.75, 3.05) is 6.61 Å². The van der Waals surface area contributed by atoms with E-state index in [9.17, 15) is 17.6 Å². The Morgan fingerprint density at radius 3 is 2.52 bits per heavy atom. The van der Waals surface area contributed by atoms with Crippen LogP contribution in [-0.2, 0) is 26.0 Å². The van der Waals surface area contributed by atoms with Crippen molar-refractivity contribution in [1.29, 1.82) is 0 Å². The summed E-state index contributed by atoms with van der Waals surface area (Å²) < 4.78 is 41.6. The molecule has 0 amide bonds. The molecule has 0 saturated heterocycles. The third-order valence-corrected chi connectivity index (χ3v) is 5.21. The van der Waals surface area contributed by atoms with Gasteiger partial charge in [0.05, 0.1) is 11.3 Å². The van der Waals surface area contributed by atoms with Crippen LogP contribution in [0.3, 0.4) is 0 Å². The van der Waals surface area contributed by atoms with Crippen molar-refractivity contribution in [2.24, 2.45) is 0 Å². The van der Waals surface area contributed by atoms with Crippen LogP contribution in [0.5, 0.6) is 0 Å². The summed E-state index contributed by atoms with van der Waals surface area (Å²) in [5, 5.41) is 1.85. The highest BCUT2D eigenvalue weighted by Gasteiger charge is 2.29. The molecule has 0 unspecified atom stereocenters. The number of thiol groups is 1. The molecule has 1 aliphatic heterocycles. The molecule has 1 heterocycles. The number of carbonyl (C=O) groups excluding carboxylic acids is 1. The fraction of sp³-hybridized carbons (Fsp3) is 0.0952. The molecule has 0 saturated carbocycles. The molecule has 4 rings (SSSR count). The lowest BCUT2D eigenvalue weighted by molar-refractivity contribution is -0.133. The Bertz CT molecular complexity index is 1160. The van der Waals surface area contributed by atoms with Gasteiger partial charge in [-0.05, 0) is 28.0 Å². The lowest BCUT2D eigenvalue weighted by Crippen LogP contribution is -1.99. The van der Waals surface area contributed by atoms with Crippen LogP contribution in [-0.4, -0.2) is 21.0 Å². The zero-order valence-electron chi connectivity index (χ0n) is 14.1. The van der Waals surface area contributed by atoms with Gasteiger partial charge in [0, 0.05) is 11.1 Å². The van der Waals surface area contributed by atoms with Gasteiger partial charge >= 0.3 is 5.97 Å². The zero-order chi connectivity index (χ0) is 19.0. The van der Waals surface area contributed by atoms with Gasteiger partial charge in [-0.2, -0.15) is 0 Å². The minimum Gasteiger partial charge on any atom is -0.457 e. The first kappa shape index (κ1) is 17.4. The van der Waals surface area contributed by atoms with E-state index in [4.69, 9.17) is 4.74 Å². The van der Waals surface area contributed by atoms with Gasteiger partial charge in [0.25, 0.3) is 0 Å². The number of carbonyl (C=O) groups is 1. The molecule has 3 aromatic rings. The molecule has 4 nitrogen and oxygen atoms in total. The number of cyclic esters (lactones) is 1. The Balaban J connectivity index is 1.90. The van der Waals surface area contributed by atoms with E-state index in [0.717, 1.165) is 10.8 Å². The molecular weight excluding hydrogens is 367 g/mol. The Morgan fingerprint density at radius 2 is 1.74 bits per heavy atom. The maximum absolute atomic E-state index is 14.7. The van der Waals surface area contributed by atoms with Gasteiger partial charge in [-0.15, -0.1) is 0 Å². The van der Waals surface area contributed by atoms with Crippen LogP contribution in [0.25, 0.3) is 21.9 Å². The summed E-state index contributed by atoms with van der Waals surface area (Å²) in [4.78, 5) is 12.4. The van der Waals surface area contributed by atoms with E-state index in [1.54, 1.807) is 6.07 Å². The normalized spacial score (nSPS) is 14.2. The third kappa shape index (κ3) is 3.24. The van der Waals surface area contributed by atoms with Crippen molar-refractivity contribution >= 4 is 38.6 Å². The lowest BCUT2D eigenvalue weighted by atomic mass is 9.92. The summed E-state index contributed by atoms with van der Waals surface area (Å²) in [6, 6.07) is 17.5. The summed E-state index contributed by atoms with van der Waals surface area (Å²) in [6.45, 7) is -0.0243. The highest BCUT2D eigenvalue weighted by atomic mass is 32.2. The van der Waals surface area contributed by atoms with Gasteiger partial charge in [-0.3, -0.25) is 0 Å². The highest BCUT2D eigenvalue weighted by molar-refractivity contribution is 7.71. The van der Waals surface area contributed by atoms with E-state index < -0.39 is 22.5 Å². The molecule has 0 N–H and O–H groups in total. The van der Waals surface area contributed by atoms with E-state index in [2.05, 4.69) is 0 Å². The van der Waals surface area contributed by atoms with Gasteiger partial charge in [-0.1, -0.05) is 54.6 Å². The molecule has 1 aliphatic rings. The van der Waals surface area contributed by atoms with Crippen LogP contribution >= 0.6 is 0 Å². The average Bonchev–Trinajstić information content (AvgIpc) is 3.02. The van der Waals surface area contributed by atoms with Crippen molar-refractivity contribution in [3.8, 4) is 0 Å². The number of esters is 1. The van der Waals surface area contributed by atoms with Crippen molar-refractivity contribution in [1.82, 2.24) is 0 Å². The van der Waals surface area contributed by atoms with Crippen molar-refractivity contribution in [3.05, 3.63) is 83.2 Å². The number of fused-ring (bicyclic) bond motifs is 1. The molecule has 0 fully saturated rings. The number of benzene rings is 3. The van der Waals surface area contributed by atoms with Crippen LogP contribution in [0, 0.1) is 5.82 Å². The first-order valence-corrected chi connectivity index (χ1v) is 9.70. The molecule has 0 aromatic heterocycles. The van der Waals surface area contributed by atoms with Crippen LogP contribution in [0.15, 0.2) is 60.7 Å². The molecule has 0 radical (unpaired) electrons. The number of ether oxygens (including phenoxy) is 1. The van der Waals surface area contributed by atoms with Gasteiger partial charge < -0.3 is 4.74 Å². The molecule has 3 aromatic carbocycles. The van der Waals surface area contributed by atoms with Gasteiger partial charge in [0.1, 0.15) is 23.1 Å². The highest BCUT2D eigenvalue weighted by Crippen LogP contribution is 2.37. The molecule has 136 valence electrons. The quantitative estimate of drug-likeness (QED) is 0.554. The second-order valence-electron chi connectivity index (χ2n) is 6.26. The molecule has 0 aliphatic carbocycles. The largest absolute Gasteiger partial charge is 0.457 e. The fourth-order valence-electron chi connectivity index (χ4n) is 3.38. The predicted octanol–water partition coefficient (Wildman–Crippen LogP) is 3.56. The SMILES string of the molecule is O=C1OCC(c2ccc(C[SH](=O)=O)cc2F)=C1c1cccc2ccccc12. The third-order valence-electron chi connectivity index (χ3n) is 4.58. The van der Waals surface area contributed by atoms with Gasteiger partial charge in [0.2, 0.25) is 0 Å². The molecule has 27 heavy (non-hydrogen) atoms. The van der Waals surface area contributed by atoms with Crippen LogP contribution in [0.2, 0.25) is 0 Å². The van der Waals surface area contributed by atoms with E-state index in [0.29, 0.717) is 22.3 Å². The van der Waals surface area contributed by atoms with Crippen molar-refractivity contribution < 1.29 is 22.3 Å². The van der Waals surface area contributed by atoms with E-state index >= 15 is 0 Å². The Morgan fingerprint density at radius 1 is 0.963 bits per heavy atom. The summed E-state index contributed by atoms with van der Waals surface area (Å²) in [5.74, 6) is -1.29. The molecular formula is C21H15FO4S. The second kappa shape index (κ2) is 6.96. The number of hydrogen-bond acceptors (Lipinski definition) is 4. The Kier molecular flexibility index (Phi) is 4.49. The topological polar surface area (TPSA) is 60.4 Å². The fourth-order valence-corrected chi connectivity index (χ4v) is 3.88. The summed E-state index contributed by atoms with van der Waals surface area (Å²) in [7, 11) is -2.64. The standard InChI is InChI=1S/C21H15FO4S/c22-19-10-13(12-27(24)25)8-9-16(19)18-11-26-21(23)20(18)17-7-3-5-14-4-1-2-6-15(14)17/h1-10,27H,11-12H2. The second-order valence-corrected chi connectivity index (χ2v) is 7.24. The zero-order valence-corrected chi connectivity index (χ0v) is 15.0. The van der Waals surface area contributed by atoms with E-state index in [-0.39, 0.29) is 17.9 Å². The van der Waals surface area contributed by atoms with E-state index in [1.807, 2.05) is 42.5 Å². The number of halogens is 1. The molecule has 0 atom stereocenters. The average molecular weight is 382 g/mol. The predicted molar refractivity (Wildman–Crippen MR) is 102 cm³/mol. The maximum atomic E-state index is 14.7. The van der Waals surface area contributed by atoms with Crippen LogP contribution < -0.4 is 0 Å². The van der Waals surface area contributed by atoms with E-state index in [1.165, 1.54) is 12.1 Å². The summed E-state index contributed by atoms with van der Waals surface area (Å²) in [5.41, 5.74) is 2.11. The minimum atomic E-state index is -2.64. The van der Waals surface area contributed by atoms with Crippen LogP contribution in [0.4, 0.5) is 4.39 Å². The number of rotatable bonds is 4. The van der Waals surface area contributed by atoms with Crippen molar-refractivity contribution in [3.63, 3.8) is 0 Å². The summed E-state index contributed by atoms with van der Waals surface area (Å²) in [6.07, 6.45) is 0.